The maximum atomic E-state index is 12.9. The summed E-state index contributed by atoms with van der Waals surface area (Å²) in [6.07, 6.45) is -9.48. The molecule has 28 heavy (non-hydrogen) atoms. The summed E-state index contributed by atoms with van der Waals surface area (Å²) >= 11 is 0. The molecular formula is C19H20F6N2O. The predicted octanol–water partition coefficient (Wildman–Crippen LogP) is 4.44. The predicted molar refractivity (Wildman–Crippen MR) is 92.1 cm³/mol. The Morgan fingerprint density at radius 2 is 1.32 bits per heavy atom. The van der Waals surface area contributed by atoms with E-state index in [1.54, 1.807) is 30.3 Å². The molecule has 1 unspecified atom stereocenters. The van der Waals surface area contributed by atoms with E-state index < -0.39 is 35.6 Å². The number of benzene rings is 2. The van der Waals surface area contributed by atoms with Gasteiger partial charge in [-0.2, -0.15) is 26.3 Å². The monoisotopic (exact) mass is 406 g/mol. The lowest BCUT2D eigenvalue weighted by Crippen LogP contribution is -2.43. The van der Waals surface area contributed by atoms with Gasteiger partial charge in [-0.15, -0.1) is 0 Å². The van der Waals surface area contributed by atoms with E-state index in [0.29, 0.717) is 24.1 Å². The SMILES string of the molecule is NCCC(N)(COCc1cc(C(F)(F)F)cc(C(F)(F)F)c1)c1ccccc1. The highest BCUT2D eigenvalue weighted by atomic mass is 19.4. The summed E-state index contributed by atoms with van der Waals surface area (Å²) in [5.74, 6) is 0. The van der Waals surface area contributed by atoms with E-state index >= 15 is 0 Å². The maximum absolute atomic E-state index is 12.9. The fourth-order valence-electron chi connectivity index (χ4n) is 2.78. The van der Waals surface area contributed by atoms with E-state index in [0.717, 1.165) is 0 Å². The maximum Gasteiger partial charge on any atom is 0.416 e. The zero-order valence-electron chi connectivity index (χ0n) is 14.8. The molecule has 0 amide bonds. The number of rotatable bonds is 7. The van der Waals surface area contributed by atoms with Crippen LogP contribution in [0, 0.1) is 0 Å². The third-order valence-corrected chi connectivity index (χ3v) is 4.21. The molecule has 0 spiro atoms. The van der Waals surface area contributed by atoms with E-state index in [1.807, 2.05) is 0 Å². The summed E-state index contributed by atoms with van der Waals surface area (Å²) in [7, 11) is 0. The fourth-order valence-corrected chi connectivity index (χ4v) is 2.78. The summed E-state index contributed by atoms with van der Waals surface area (Å²) in [4.78, 5) is 0. The summed E-state index contributed by atoms with van der Waals surface area (Å²) in [5, 5.41) is 0. The number of halogens is 6. The van der Waals surface area contributed by atoms with Crippen LogP contribution in [-0.2, 0) is 29.2 Å². The Morgan fingerprint density at radius 1 is 0.786 bits per heavy atom. The first-order valence-corrected chi connectivity index (χ1v) is 8.36. The van der Waals surface area contributed by atoms with E-state index in [2.05, 4.69) is 0 Å². The lowest BCUT2D eigenvalue weighted by atomic mass is 9.88. The van der Waals surface area contributed by atoms with Crippen molar-refractivity contribution in [2.45, 2.75) is 30.9 Å². The van der Waals surface area contributed by atoms with Gasteiger partial charge in [-0.05, 0) is 42.3 Å². The summed E-state index contributed by atoms with van der Waals surface area (Å²) in [6, 6.07) is 10.2. The average molecular weight is 406 g/mol. The van der Waals surface area contributed by atoms with Crippen LogP contribution in [0.15, 0.2) is 48.5 Å². The van der Waals surface area contributed by atoms with Gasteiger partial charge in [0.15, 0.2) is 0 Å². The van der Waals surface area contributed by atoms with Crippen LogP contribution >= 0.6 is 0 Å². The van der Waals surface area contributed by atoms with Crippen molar-refractivity contribution in [3.8, 4) is 0 Å². The van der Waals surface area contributed by atoms with Gasteiger partial charge >= 0.3 is 12.4 Å². The highest BCUT2D eigenvalue weighted by Crippen LogP contribution is 2.36. The second-order valence-corrected chi connectivity index (χ2v) is 6.47. The largest absolute Gasteiger partial charge is 0.416 e. The quantitative estimate of drug-likeness (QED) is 0.669. The molecule has 4 N–H and O–H groups in total. The minimum absolute atomic E-state index is 0.0785. The van der Waals surface area contributed by atoms with Crippen LogP contribution < -0.4 is 11.5 Å². The van der Waals surface area contributed by atoms with E-state index in [-0.39, 0.29) is 24.8 Å². The first kappa shape index (κ1) is 22.2. The van der Waals surface area contributed by atoms with Gasteiger partial charge in [-0.25, -0.2) is 0 Å². The van der Waals surface area contributed by atoms with Gasteiger partial charge in [0.1, 0.15) is 0 Å². The summed E-state index contributed by atoms with van der Waals surface area (Å²) in [6.45, 7) is -0.342. The third-order valence-electron chi connectivity index (χ3n) is 4.21. The second kappa shape index (κ2) is 8.50. The van der Waals surface area contributed by atoms with Crippen LogP contribution in [0.2, 0.25) is 0 Å². The topological polar surface area (TPSA) is 61.3 Å². The smallest absolute Gasteiger partial charge is 0.375 e. The van der Waals surface area contributed by atoms with Crippen LogP contribution in [0.1, 0.15) is 28.7 Å². The Labute approximate surface area is 158 Å². The Morgan fingerprint density at radius 3 is 1.79 bits per heavy atom. The summed E-state index contributed by atoms with van der Waals surface area (Å²) < 4.78 is 83.0. The van der Waals surface area contributed by atoms with Crippen LogP contribution in [0.5, 0.6) is 0 Å². The van der Waals surface area contributed by atoms with Crippen molar-refractivity contribution >= 4 is 0 Å². The third kappa shape index (κ3) is 5.70. The Kier molecular flexibility index (Phi) is 6.74. The Bertz CT molecular complexity index is 744. The van der Waals surface area contributed by atoms with Crippen molar-refractivity contribution in [1.82, 2.24) is 0 Å². The molecule has 0 saturated carbocycles. The molecule has 0 aliphatic carbocycles. The molecule has 1 atom stereocenters. The zero-order valence-corrected chi connectivity index (χ0v) is 14.8. The van der Waals surface area contributed by atoms with E-state index in [1.165, 1.54) is 0 Å². The molecule has 0 saturated heterocycles. The molecule has 2 aromatic rings. The molecule has 0 radical (unpaired) electrons. The van der Waals surface area contributed by atoms with Gasteiger partial charge in [-0.3, -0.25) is 0 Å². The number of ether oxygens (including phenoxy) is 1. The van der Waals surface area contributed by atoms with Crippen molar-refractivity contribution in [2.75, 3.05) is 13.2 Å². The number of nitrogens with two attached hydrogens (primary N) is 2. The Balaban J connectivity index is 2.21. The lowest BCUT2D eigenvalue weighted by molar-refractivity contribution is -0.143. The lowest BCUT2D eigenvalue weighted by Gasteiger charge is -2.29. The van der Waals surface area contributed by atoms with Crippen molar-refractivity contribution in [2.24, 2.45) is 11.5 Å². The summed E-state index contributed by atoms with van der Waals surface area (Å²) in [5.41, 5.74) is 8.60. The van der Waals surface area contributed by atoms with E-state index in [4.69, 9.17) is 16.2 Å². The zero-order chi connectivity index (χ0) is 21.0. The molecule has 0 aliphatic heterocycles. The van der Waals surface area contributed by atoms with Crippen LogP contribution in [0.3, 0.4) is 0 Å². The van der Waals surface area contributed by atoms with Crippen molar-refractivity contribution in [3.05, 3.63) is 70.8 Å². The molecule has 9 heteroatoms. The second-order valence-electron chi connectivity index (χ2n) is 6.47. The van der Waals surface area contributed by atoms with Gasteiger partial charge in [0.2, 0.25) is 0 Å². The Hall–Kier alpha value is -2.10. The normalized spacial score (nSPS) is 14.7. The first-order valence-electron chi connectivity index (χ1n) is 8.36. The molecule has 0 aromatic heterocycles. The number of alkyl halides is 6. The molecule has 0 bridgehead atoms. The molecule has 154 valence electrons. The molecule has 0 heterocycles. The average Bonchev–Trinajstić information content (AvgIpc) is 2.61. The molecule has 2 aromatic carbocycles. The fraction of sp³-hybridized carbons (Fsp3) is 0.368. The van der Waals surface area contributed by atoms with Gasteiger partial charge in [-0.1, -0.05) is 30.3 Å². The highest BCUT2D eigenvalue weighted by Gasteiger charge is 2.37. The molecule has 0 fully saturated rings. The molecule has 0 aliphatic rings. The molecule has 2 rings (SSSR count). The highest BCUT2D eigenvalue weighted by molar-refractivity contribution is 5.33. The number of hydrogen-bond acceptors (Lipinski definition) is 3. The minimum Gasteiger partial charge on any atom is -0.375 e. The van der Waals surface area contributed by atoms with Gasteiger partial charge < -0.3 is 16.2 Å². The van der Waals surface area contributed by atoms with Crippen LogP contribution in [-0.4, -0.2) is 13.2 Å². The van der Waals surface area contributed by atoms with Crippen LogP contribution in [0.25, 0.3) is 0 Å². The van der Waals surface area contributed by atoms with Crippen LogP contribution in [0.4, 0.5) is 26.3 Å². The molecule has 3 nitrogen and oxygen atoms in total. The standard InChI is InChI=1S/C19H20F6N2O/c20-18(21,22)15-8-13(9-16(10-15)19(23,24)25)11-28-12-17(27,6-7-26)14-4-2-1-3-5-14/h1-5,8-10H,6-7,11-12,26-27H2. The van der Waals surface area contributed by atoms with Gasteiger partial charge in [0, 0.05) is 0 Å². The van der Waals surface area contributed by atoms with Crippen molar-refractivity contribution in [1.29, 1.82) is 0 Å². The van der Waals surface area contributed by atoms with Gasteiger partial charge in [0.25, 0.3) is 0 Å². The van der Waals surface area contributed by atoms with Gasteiger partial charge in [0.05, 0.1) is 29.9 Å². The molecular weight excluding hydrogens is 386 g/mol. The van der Waals surface area contributed by atoms with Crippen molar-refractivity contribution < 1.29 is 31.1 Å². The van der Waals surface area contributed by atoms with E-state index in [9.17, 15) is 26.3 Å². The first-order chi connectivity index (χ1) is 13.0. The number of hydrogen-bond donors (Lipinski definition) is 2. The van der Waals surface area contributed by atoms with Crippen molar-refractivity contribution in [3.63, 3.8) is 0 Å². The minimum atomic E-state index is -4.91.